The molecule has 148 valence electrons. The van der Waals surface area contributed by atoms with Gasteiger partial charge in [-0.15, -0.1) is 0 Å². The number of ketones is 1. The van der Waals surface area contributed by atoms with Gasteiger partial charge in [-0.3, -0.25) is 14.4 Å². The fourth-order valence-electron chi connectivity index (χ4n) is 3.34. The van der Waals surface area contributed by atoms with E-state index in [1.165, 1.54) is 6.92 Å². The molecule has 1 fully saturated rings. The first-order chi connectivity index (χ1) is 13.4. The fraction of sp³-hybridized carbons (Fsp3) is 0.400. The maximum atomic E-state index is 12.9. The number of carbonyl (C=O) groups is 4. The molecule has 0 radical (unpaired) electrons. The summed E-state index contributed by atoms with van der Waals surface area (Å²) < 4.78 is 6.79. The monoisotopic (exact) mass is 402 g/mol. The number of ether oxygens (including phenoxy) is 1. The Morgan fingerprint density at radius 1 is 1.29 bits per heavy atom. The molecule has 0 amide bonds. The average Bonchev–Trinajstić information content (AvgIpc) is 3.29. The van der Waals surface area contributed by atoms with Crippen LogP contribution in [-0.4, -0.2) is 45.2 Å². The van der Waals surface area contributed by atoms with Gasteiger partial charge in [-0.05, 0) is 25.5 Å². The normalized spacial score (nSPS) is 17.4. The van der Waals surface area contributed by atoms with E-state index in [-0.39, 0.29) is 17.3 Å². The first-order valence-electron chi connectivity index (χ1n) is 9.10. The predicted molar refractivity (Wildman–Crippen MR) is 106 cm³/mol. The van der Waals surface area contributed by atoms with E-state index in [1.54, 1.807) is 6.20 Å². The van der Waals surface area contributed by atoms with Crippen molar-refractivity contribution in [3.63, 3.8) is 0 Å². The zero-order valence-electron chi connectivity index (χ0n) is 15.8. The number of nitrogens with one attached hydrogen (secondary N) is 1. The van der Waals surface area contributed by atoms with E-state index < -0.39 is 23.2 Å². The number of aryl methyl sites for hydroxylation is 1. The number of thioether (sulfide) groups is 1. The van der Waals surface area contributed by atoms with Gasteiger partial charge in [0.15, 0.2) is 10.9 Å². The Morgan fingerprint density at radius 2 is 2.04 bits per heavy atom. The van der Waals surface area contributed by atoms with Gasteiger partial charge in [-0.2, -0.15) is 0 Å². The molecule has 3 rings (SSSR count). The lowest BCUT2D eigenvalue weighted by molar-refractivity contribution is -0.160. The van der Waals surface area contributed by atoms with Crippen molar-refractivity contribution in [2.75, 3.05) is 6.54 Å². The number of rotatable bonds is 6. The quantitative estimate of drug-likeness (QED) is 0.450. The average molecular weight is 402 g/mol. The highest BCUT2D eigenvalue weighted by atomic mass is 32.2. The van der Waals surface area contributed by atoms with E-state index in [9.17, 15) is 19.2 Å². The number of benzene rings is 1. The molecule has 2 heterocycles. The van der Waals surface area contributed by atoms with Crippen molar-refractivity contribution < 1.29 is 23.9 Å². The van der Waals surface area contributed by atoms with Crippen molar-refractivity contribution in [3.05, 3.63) is 36.0 Å². The molecule has 1 aliphatic heterocycles. The van der Waals surface area contributed by atoms with Gasteiger partial charge < -0.3 is 14.6 Å². The van der Waals surface area contributed by atoms with Crippen LogP contribution in [-0.2, 0) is 26.2 Å². The molecule has 2 aromatic rings. The minimum Gasteiger partial charge on any atom is -0.391 e. The molecule has 1 aliphatic rings. The van der Waals surface area contributed by atoms with Gasteiger partial charge in [0.1, 0.15) is 11.3 Å². The molecular formula is C20H22N2O5S. The summed E-state index contributed by atoms with van der Waals surface area (Å²) in [6.07, 6.45) is 2.93. The third-order valence-corrected chi connectivity index (χ3v) is 5.66. The van der Waals surface area contributed by atoms with Crippen molar-refractivity contribution in [2.45, 2.75) is 37.5 Å². The minimum absolute atomic E-state index is 0.220. The summed E-state index contributed by atoms with van der Waals surface area (Å²) in [7, 11) is 1.84. The number of hydrogen-bond donors (Lipinski definition) is 1. The summed E-state index contributed by atoms with van der Waals surface area (Å²) in [5, 5.41) is 2.36. The minimum atomic E-state index is -1.06. The summed E-state index contributed by atoms with van der Waals surface area (Å²) in [5.74, 6) is -1.79. The summed E-state index contributed by atoms with van der Waals surface area (Å²) in [6.45, 7) is 2.01. The molecule has 1 unspecified atom stereocenters. The third-order valence-electron chi connectivity index (χ3n) is 4.69. The number of hydrogen-bond acceptors (Lipinski definition) is 7. The number of carbonyl (C=O) groups excluding carboxylic acids is 4. The van der Waals surface area contributed by atoms with Crippen molar-refractivity contribution >= 4 is 45.5 Å². The molecule has 8 heteroatoms. The second kappa shape index (κ2) is 8.70. The van der Waals surface area contributed by atoms with Crippen LogP contribution in [0.2, 0.25) is 0 Å². The van der Waals surface area contributed by atoms with Crippen LogP contribution in [0.4, 0.5) is 0 Å². The topological polar surface area (TPSA) is 94.5 Å². The SMILES string of the molecule is CC(=O)SC(CC(=O)c1cn(C)c2ccccc12)C(=O)OC(=O)[C@@H]1CCCN1. The number of fused-ring (bicyclic) bond motifs is 1. The molecule has 0 bridgehead atoms. The molecule has 1 saturated heterocycles. The van der Waals surface area contributed by atoms with E-state index in [0.29, 0.717) is 30.3 Å². The maximum absolute atomic E-state index is 12.9. The van der Waals surface area contributed by atoms with Crippen LogP contribution in [0.15, 0.2) is 30.5 Å². The number of aromatic nitrogens is 1. The highest BCUT2D eigenvalue weighted by Gasteiger charge is 2.32. The maximum Gasteiger partial charge on any atom is 0.330 e. The summed E-state index contributed by atoms with van der Waals surface area (Å²) >= 11 is 0.714. The standard InChI is InChI=1S/C20H22N2O5S/c1-12(23)28-18(20(26)27-19(25)15-7-5-9-21-15)10-17(24)14-11-22(2)16-8-4-3-6-13(14)16/h3-4,6,8,11,15,18,21H,5,7,9-10H2,1-2H3/t15-,18?/m0/s1. The van der Waals surface area contributed by atoms with Crippen LogP contribution >= 0.6 is 11.8 Å². The van der Waals surface area contributed by atoms with E-state index in [1.807, 2.05) is 35.9 Å². The van der Waals surface area contributed by atoms with Crippen LogP contribution in [0.5, 0.6) is 0 Å². The summed E-state index contributed by atoms with van der Waals surface area (Å²) in [5.41, 5.74) is 1.37. The first kappa shape index (κ1) is 20.3. The van der Waals surface area contributed by atoms with Crippen molar-refractivity contribution in [1.82, 2.24) is 9.88 Å². The highest BCUT2D eigenvalue weighted by Crippen LogP contribution is 2.25. The van der Waals surface area contributed by atoms with Gasteiger partial charge in [0.2, 0.25) is 0 Å². The number of Topliss-reactive ketones (excluding diaryl/α,β-unsaturated/α-hetero) is 1. The Kier molecular flexibility index (Phi) is 6.31. The van der Waals surface area contributed by atoms with Crippen LogP contribution in [0.1, 0.15) is 36.5 Å². The Bertz CT molecular complexity index is 930. The Hall–Kier alpha value is -2.45. The third kappa shape index (κ3) is 4.51. The molecule has 0 aliphatic carbocycles. The highest BCUT2D eigenvalue weighted by molar-refractivity contribution is 8.14. The second-order valence-corrected chi connectivity index (χ2v) is 8.16. The molecule has 28 heavy (non-hydrogen) atoms. The summed E-state index contributed by atoms with van der Waals surface area (Å²) in [6, 6.07) is 6.94. The lowest BCUT2D eigenvalue weighted by Gasteiger charge is -2.14. The van der Waals surface area contributed by atoms with E-state index >= 15 is 0 Å². The van der Waals surface area contributed by atoms with Crippen molar-refractivity contribution in [2.24, 2.45) is 7.05 Å². The van der Waals surface area contributed by atoms with Crippen LogP contribution in [0.3, 0.4) is 0 Å². The van der Waals surface area contributed by atoms with Crippen LogP contribution in [0.25, 0.3) is 10.9 Å². The predicted octanol–water partition coefficient (Wildman–Crippen LogP) is 2.22. The lowest BCUT2D eigenvalue weighted by Crippen LogP contribution is -2.36. The van der Waals surface area contributed by atoms with Crippen LogP contribution in [0, 0.1) is 0 Å². The van der Waals surface area contributed by atoms with Gasteiger partial charge in [0.05, 0.1) is 0 Å². The summed E-state index contributed by atoms with van der Waals surface area (Å²) in [4.78, 5) is 49.0. The van der Waals surface area contributed by atoms with E-state index in [2.05, 4.69) is 5.32 Å². The number of para-hydroxylation sites is 1. The van der Waals surface area contributed by atoms with Gasteiger partial charge in [-0.1, -0.05) is 30.0 Å². The molecule has 1 N–H and O–H groups in total. The molecule has 0 spiro atoms. The fourth-order valence-corrected chi connectivity index (χ4v) is 4.12. The van der Waals surface area contributed by atoms with Crippen molar-refractivity contribution in [3.8, 4) is 0 Å². The van der Waals surface area contributed by atoms with Gasteiger partial charge >= 0.3 is 11.9 Å². The van der Waals surface area contributed by atoms with Gasteiger partial charge in [-0.25, -0.2) is 4.79 Å². The van der Waals surface area contributed by atoms with Gasteiger partial charge in [0, 0.05) is 43.1 Å². The molecule has 0 saturated carbocycles. The second-order valence-electron chi connectivity index (χ2n) is 6.79. The molecule has 2 atom stereocenters. The largest absolute Gasteiger partial charge is 0.391 e. The number of esters is 2. The Morgan fingerprint density at radius 3 is 2.71 bits per heavy atom. The zero-order chi connectivity index (χ0) is 20.3. The Balaban J connectivity index is 1.75. The zero-order valence-corrected chi connectivity index (χ0v) is 16.6. The van der Waals surface area contributed by atoms with Crippen LogP contribution < -0.4 is 5.32 Å². The molecule has 1 aromatic carbocycles. The molecular weight excluding hydrogens is 380 g/mol. The molecule has 1 aromatic heterocycles. The smallest absolute Gasteiger partial charge is 0.330 e. The van der Waals surface area contributed by atoms with E-state index in [4.69, 9.17) is 4.74 Å². The van der Waals surface area contributed by atoms with Gasteiger partial charge in [0.25, 0.3) is 0 Å². The molecule has 7 nitrogen and oxygen atoms in total. The Labute approximate surface area is 166 Å². The van der Waals surface area contributed by atoms with E-state index in [0.717, 1.165) is 17.3 Å². The first-order valence-corrected chi connectivity index (χ1v) is 9.98. The van der Waals surface area contributed by atoms with Crippen molar-refractivity contribution in [1.29, 1.82) is 0 Å². The number of nitrogens with zero attached hydrogens (tertiary/aromatic N) is 1. The lowest BCUT2D eigenvalue weighted by atomic mass is 10.1.